The molecular formula is C24H46N4O7. The van der Waals surface area contributed by atoms with Gasteiger partial charge in [-0.05, 0) is 32.2 Å². The Balaban J connectivity index is 3.86. The highest BCUT2D eigenvalue weighted by atomic mass is 16.5. The first-order valence-electron chi connectivity index (χ1n) is 12.8. The van der Waals surface area contributed by atoms with Crippen molar-refractivity contribution in [1.29, 1.82) is 0 Å². The standard InChI is InChI=1S/C24H46N4O7/c25-13-10-11-21(28-22(30)19-35-18-17-34-16-15-26-20-29)24(33)27-14-9-7-5-3-1-2-4-6-8-12-23(31)32/h20-21H,1-19,25H2,(H,26,29)(H,27,33)(H,28,30)(H,31,32). The summed E-state index contributed by atoms with van der Waals surface area (Å²) in [6.07, 6.45) is 11.2. The van der Waals surface area contributed by atoms with Crippen LogP contribution >= 0.6 is 0 Å². The number of unbranched alkanes of at least 4 members (excludes halogenated alkanes) is 8. The van der Waals surface area contributed by atoms with Crippen LogP contribution < -0.4 is 21.7 Å². The summed E-state index contributed by atoms with van der Waals surface area (Å²) in [6, 6.07) is -0.638. The molecule has 204 valence electrons. The van der Waals surface area contributed by atoms with Gasteiger partial charge in [0, 0.05) is 19.5 Å². The third kappa shape index (κ3) is 23.3. The quantitative estimate of drug-likeness (QED) is 0.0865. The van der Waals surface area contributed by atoms with Crippen LogP contribution in [0.4, 0.5) is 0 Å². The monoisotopic (exact) mass is 502 g/mol. The van der Waals surface area contributed by atoms with Gasteiger partial charge < -0.3 is 36.3 Å². The number of hydrogen-bond acceptors (Lipinski definition) is 7. The number of carbonyl (C=O) groups is 4. The van der Waals surface area contributed by atoms with E-state index >= 15 is 0 Å². The molecule has 0 aliphatic rings. The molecule has 0 aromatic heterocycles. The Kier molecular flexibility index (Phi) is 23.3. The summed E-state index contributed by atoms with van der Waals surface area (Å²) >= 11 is 0. The summed E-state index contributed by atoms with van der Waals surface area (Å²) < 4.78 is 10.5. The van der Waals surface area contributed by atoms with Crippen LogP contribution in [-0.4, -0.2) is 81.4 Å². The van der Waals surface area contributed by atoms with Crippen LogP contribution in [0.25, 0.3) is 0 Å². The van der Waals surface area contributed by atoms with Gasteiger partial charge in [-0.2, -0.15) is 0 Å². The molecule has 3 amide bonds. The number of carbonyl (C=O) groups excluding carboxylic acids is 3. The van der Waals surface area contributed by atoms with Crippen molar-refractivity contribution in [2.45, 2.75) is 83.1 Å². The van der Waals surface area contributed by atoms with Gasteiger partial charge in [-0.1, -0.05) is 44.9 Å². The molecule has 0 aromatic rings. The van der Waals surface area contributed by atoms with Crippen molar-refractivity contribution >= 4 is 24.2 Å². The molecule has 11 nitrogen and oxygen atoms in total. The zero-order valence-electron chi connectivity index (χ0n) is 21.1. The van der Waals surface area contributed by atoms with Gasteiger partial charge in [0.2, 0.25) is 18.2 Å². The molecule has 0 spiro atoms. The van der Waals surface area contributed by atoms with Gasteiger partial charge in [-0.15, -0.1) is 0 Å². The summed E-state index contributed by atoms with van der Waals surface area (Å²) in [4.78, 5) is 45.2. The SMILES string of the molecule is NCCCC(NC(=O)COCCOCCNC=O)C(=O)NCCCCCCCCCCCC(=O)O. The second kappa shape index (κ2) is 24.9. The number of amides is 3. The average molecular weight is 503 g/mol. The third-order valence-electron chi connectivity index (χ3n) is 5.29. The Hall–Kier alpha value is -2.24. The second-order valence-corrected chi connectivity index (χ2v) is 8.40. The largest absolute Gasteiger partial charge is 0.481 e. The highest BCUT2D eigenvalue weighted by Crippen LogP contribution is 2.10. The van der Waals surface area contributed by atoms with E-state index in [1.807, 2.05) is 0 Å². The molecule has 0 saturated carbocycles. The molecule has 6 N–H and O–H groups in total. The molecule has 0 bridgehead atoms. The van der Waals surface area contributed by atoms with Crippen LogP contribution in [0.15, 0.2) is 0 Å². The number of aliphatic carboxylic acids is 1. The fourth-order valence-electron chi connectivity index (χ4n) is 3.38. The van der Waals surface area contributed by atoms with Crippen molar-refractivity contribution in [1.82, 2.24) is 16.0 Å². The minimum Gasteiger partial charge on any atom is -0.481 e. The molecule has 35 heavy (non-hydrogen) atoms. The van der Waals surface area contributed by atoms with E-state index in [0.29, 0.717) is 52.1 Å². The van der Waals surface area contributed by atoms with Gasteiger partial charge in [0.05, 0.1) is 19.8 Å². The van der Waals surface area contributed by atoms with E-state index in [2.05, 4.69) is 16.0 Å². The highest BCUT2D eigenvalue weighted by molar-refractivity contribution is 5.88. The lowest BCUT2D eigenvalue weighted by atomic mass is 10.1. The van der Waals surface area contributed by atoms with E-state index in [1.165, 1.54) is 0 Å². The van der Waals surface area contributed by atoms with Crippen molar-refractivity contribution in [2.75, 3.05) is 46.1 Å². The maximum atomic E-state index is 12.5. The Labute approximate surface area is 209 Å². The predicted molar refractivity (Wildman–Crippen MR) is 133 cm³/mol. The van der Waals surface area contributed by atoms with Crippen molar-refractivity contribution in [2.24, 2.45) is 5.73 Å². The molecule has 0 rings (SSSR count). The number of rotatable bonds is 26. The van der Waals surface area contributed by atoms with Gasteiger partial charge in [-0.3, -0.25) is 19.2 Å². The maximum Gasteiger partial charge on any atom is 0.303 e. The molecular weight excluding hydrogens is 456 g/mol. The van der Waals surface area contributed by atoms with Crippen LogP contribution in [0.5, 0.6) is 0 Å². The third-order valence-corrected chi connectivity index (χ3v) is 5.29. The maximum absolute atomic E-state index is 12.5. The molecule has 1 atom stereocenters. The Morgan fingerprint density at radius 2 is 1.46 bits per heavy atom. The van der Waals surface area contributed by atoms with E-state index in [4.69, 9.17) is 20.3 Å². The average Bonchev–Trinajstić information content (AvgIpc) is 2.83. The van der Waals surface area contributed by atoms with Crippen LogP contribution in [-0.2, 0) is 28.7 Å². The van der Waals surface area contributed by atoms with E-state index in [1.54, 1.807) is 0 Å². The van der Waals surface area contributed by atoms with Crippen LogP contribution in [0.1, 0.15) is 77.0 Å². The predicted octanol–water partition coefficient (Wildman–Crippen LogP) is 1.09. The van der Waals surface area contributed by atoms with Crippen molar-refractivity contribution < 1.29 is 33.8 Å². The van der Waals surface area contributed by atoms with E-state index in [9.17, 15) is 19.2 Å². The molecule has 1 unspecified atom stereocenters. The fraction of sp³-hybridized carbons (Fsp3) is 0.833. The number of nitrogens with two attached hydrogens (primary N) is 1. The first-order valence-corrected chi connectivity index (χ1v) is 12.8. The molecule has 0 fully saturated rings. The zero-order chi connectivity index (χ0) is 26.0. The van der Waals surface area contributed by atoms with Crippen LogP contribution in [0.3, 0.4) is 0 Å². The van der Waals surface area contributed by atoms with Crippen LogP contribution in [0, 0.1) is 0 Å². The number of hydrogen-bond donors (Lipinski definition) is 5. The summed E-state index contributed by atoms with van der Waals surface area (Å²) in [5.41, 5.74) is 5.56. The molecule has 11 heteroatoms. The lowest BCUT2D eigenvalue weighted by Crippen LogP contribution is -2.48. The van der Waals surface area contributed by atoms with Gasteiger partial charge in [0.1, 0.15) is 12.6 Å². The van der Waals surface area contributed by atoms with Gasteiger partial charge >= 0.3 is 5.97 Å². The molecule has 0 radical (unpaired) electrons. The minimum absolute atomic E-state index is 0.165. The van der Waals surface area contributed by atoms with Gasteiger partial charge in [0.15, 0.2) is 0 Å². The number of nitrogens with one attached hydrogen (secondary N) is 3. The molecule has 0 aromatic carbocycles. The van der Waals surface area contributed by atoms with Gasteiger partial charge in [-0.25, -0.2) is 0 Å². The Morgan fingerprint density at radius 1 is 0.829 bits per heavy atom. The Morgan fingerprint density at radius 3 is 2.09 bits per heavy atom. The second-order valence-electron chi connectivity index (χ2n) is 8.40. The molecule has 0 aliphatic heterocycles. The van der Waals surface area contributed by atoms with Crippen LogP contribution in [0.2, 0.25) is 0 Å². The van der Waals surface area contributed by atoms with E-state index in [-0.39, 0.29) is 31.4 Å². The zero-order valence-corrected chi connectivity index (χ0v) is 21.1. The smallest absolute Gasteiger partial charge is 0.303 e. The molecule has 0 aliphatic carbocycles. The lowest BCUT2D eigenvalue weighted by molar-refractivity contribution is -0.137. The first kappa shape index (κ1) is 32.8. The summed E-state index contributed by atoms with van der Waals surface area (Å²) in [5, 5.41) is 16.7. The minimum atomic E-state index is -0.724. The lowest BCUT2D eigenvalue weighted by Gasteiger charge is -2.18. The Bertz CT molecular complexity index is 564. The summed E-state index contributed by atoms with van der Waals surface area (Å²) in [6.45, 7) is 2.16. The van der Waals surface area contributed by atoms with E-state index in [0.717, 1.165) is 57.8 Å². The van der Waals surface area contributed by atoms with Crippen molar-refractivity contribution in [3.05, 3.63) is 0 Å². The fourth-order valence-corrected chi connectivity index (χ4v) is 3.38. The van der Waals surface area contributed by atoms with Gasteiger partial charge in [0.25, 0.3) is 0 Å². The van der Waals surface area contributed by atoms with Crippen molar-refractivity contribution in [3.8, 4) is 0 Å². The number of carboxylic acid groups (broad SMARTS) is 1. The summed E-state index contributed by atoms with van der Waals surface area (Å²) in [5.74, 6) is -1.30. The highest BCUT2D eigenvalue weighted by Gasteiger charge is 2.19. The first-order chi connectivity index (χ1) is 17.0. The van der Waals surface area contributed by atoms with Crippen molar-refractivity contribution in [3.63, 3.8) is 0 Å². The molecule has 0 heterocycles. The topological polar surface area (TPSA) is 169 Å². The normalized spacial score (nSPS) is 11.6. The molecule has 0 saturated heterocycles. The summed E-state index contributed by atoms with van der Waals surface area (Å²) in [7, 11) is 0. The van der Waals surface area contributed by atoms with E-state index < -0.39 is 12.0 Å². The number of ether oxygens (including phenoxy) is 2. The number of carboxylic acids is 1.